The van der Waals surface area contributed by atoms with Crippen LogP contribution in [0.25, 0.3) is 0 Å². The fraction of sp³-hybridized carbons (Fsp3) is 0.765. The minimum absolute atomic E-state index is 0.166. The van der Waals surface area contributed by atoms with E-state index >= 15 is 0 Å². The lowest BCUT2D eigenvalue weighted by molar-refractivity contribution is -0.127. The Bertz CT molecular complexity index is 674. The molecule has 1 saturated carbocycles. The number of carbonyl (C=O) groups is 2. The number of imide groups is 1. The molecular weight excluding hydrogens is 322 g/mol. The zero-order chi connectivity index (χ0) is 17.6. The molecule has 8 heteroatoms. The van der Waals surface area contributed by atoms with Gasteiger partial charge in [-0.2, -0.15) is 4.98 Å². The van der Waals surface area contributed by atoms with Crippen molar-refractivity contribution in [2.45, 2.75) is 57.4 Å². The molecule has 3 heterocycles. The van der Waals surface area contributed by atoms with Gasteiger partial charge in [0.15, 0.2) is 0 Å². The summed E-state index contributed by atoms with van der Waals surface area (Å²) < 4.78 is 5.40. The normalized spacial score (nSPS) is 23.5. The van der Waals surface area contributed by atoms with Gasteiger partial charge in [-0.05, 0) is 36.8 Å². The Hall–Kier alpha value is -2.12. The number of nitrogens with one attached hydrogen (secondary N) is 1. The fourth-order valence-electron chi connectivity index (χ4n) is 3.97. The van der Waals surface area contributed by atoms with E-state index in [9.17, 15) is 9.59 Å². The van der Waals surface area contributed by atoms with Gasteiger partial charge in [-0.1, -0.05) is 20.3 Å². The summed E-state index contributed by atoms with van der Waals surface area (Å²) in [5.74, 6) is 1.90. The van der Waals surface area contributed by atoms with Crippen LogP contribution >= 0.6 is 0 Å². The van der Waals surface area contributed by atoms with Crippen molar-refractivity contribution in [3.63, 3.8) is 0 Å². The molecule has 1 N–H and O–H groups in total. The van der Waals surface area contributed by atoms with Crippen LogP contribution in [0, 0.1) is 5.92 Å². The molecule has 1 aromatic rings. The molecule has 0 aromatic carbocycles. The molecule has 25 heavy (non-hydrogen) atoms. The van der Waals surface area contributed by atoms with Crippen molar-refractivity contribution in [2.75, 3.05) is 24.5 Å². The highest BCUT2D eigenvalue weighted by atomic mass is 16.5. The van der Waals surface area contributed by atoms with Gasteiger partial charge in [-0.25, -0.2) is 4.79 Å². The molecule has 1 aliphatic carbocycles. The third kappa shape index (κ3) is 2.67. The molecule has 8 nitrogen and oxygen atoms in total. The smallest absolute Gasteiger partial charge is 0.325 e. The minimum Gasteiger partial charge on any atom is -0.338 e. The third-order valence-corrected chi connectivity index (χ3v) is 5.71. The minimum atomic E-state index is -0.724. The second-order valence-corrected chi connectivity index (χ2v) is 7.84. The van der Waals surface area contributed by atoms with E-state index in [1.807, 2.05) is 0 Å². The van der Waals surface area contributed by atoms with Gasteiger partial charge in [0.2, 0.25) is 5.89 Å². The lowest BCUT2D eigenvalue weighted by Crippen LogP contribution is -2.57. The van der Waals surface area contributed by atoms with Gasteiger partial charge in [0.25, 0.3) is 11.9 Å². The molecule has 1 aromatic heterocycles. The summed E-state index contributed by atoms with van der Waals surface area (Å²) in [6.07, 6.45) is 4.65. The number of amides is 3. The van der Waals surface area contributed by atoms with Crippen LogP contribution in [0.3, 0.4) is 0 Å². The lowest BCUT2D eigenvalue weighted by atomic mass is 9.85. The molecule has 136 valence electrons. The van der Waals surface area contributed by atoms with Gasteiger partial charge >= 0.3 is 6.03 Å². The average molecular weight is 347 g/mol. The topological polar surface area (TPSA) is 91.6 Å². The van der Waals surface area contributed by atoms with Crippen LogP contribution in [0.4, 0.5) is 10.7 Å². The van der Waals surface area contributed by atoms with Gasteiger partial charge in [0.05, 0.1) is 0 Å². The van der Waals surface area contributed by atoms with Crippen LogP contribution in [-0.4, -0.2) is 52.2 Å². The molecule has 0 atom stereocenters. The Morgan fingerprint density at radius 1 is 1.28 bits per heavy atom. The first kappa shape index (κ1) is 16.4. The van der Waals surface area contributed by atoms with Gasteiger partial charge in [0.1, 0.15) is 5.54 Å². The average Bonchev–Trinajstić information content (AvgIpc) is 3.07. The van der Waals surface area contributed by atoms with Crippen LogP contribution in [0.2, 0.25) is 0 Å². The third-order valence-electron chi connectivity index (χ3n) is 5.71. The summed E-state index contributed by atoms with van der Waals surface area (Å²) in [6, 6.07) is -0.265. The van der Waals surface area contributed by atoms with E-state index in [4.69, 9.17) is 4.52 Å². The van der Waals surface area contributed by atoms with E-state index in [2.05, 4.69) is 34.2 Å². The number of piperidine rings is 1. The highest BCUT2D eigenvalue weighted by molar-refractivity contribution is 6.07. The molecule has 0 unspecified atom stereocenters. The summed E-state index contributed by atoms with van der Waals surface area (Å²) in [5, 5.41) is 6.62. The van der Waals surface area contributed by atoms with Gasteiger partial charge in [0, 0.05) is 25.6 Å². The van der Waals surface area contributed by atoms with Crippen LogP contribution in [-0.2, 0) is 4.79 Å². The van der Waals surface area contributed by atoms with E-state index in [0.717, 1.165) is 18.7 Å². The Labute approximate surface area is 146 Å². The van der Waals surface area contributed by atoms with Crippen molar-refractivity contribution >= 4 is 17.9 Å². The first-order valence-electron chi connectivity index (χ1n) is 9.21. The van der Waals surface area contributed by atoms with E-state index in [-0.39, 0.29) is 11.9 Å². The van der Waals surface area contributed by atoms with Crippen LogP contribution < -0.4 is 10.2 Å². The van der Waals surface area contributed by atoms with E-state index in [1.165, 1.54) is 6.42 Å². The summed E-state index contributed by atoms with van der Waals surface area (Å²) in [5.41, 5.74) is -0.724. The number of rotatable bonds is 4. The maximum Gasteiger partial charge on any atom is 0.325 e. The second kappa shape index (κ2) is 6.00. The first-order chi connectivity index (χ1) is 12.0. The number of hydrogen-bond acceptors (Lipinski definition) is 6. The van der Waals surface area contributed by atoms with Crippen molar-refractivity contribution in [3.8, 4) is 0 Å². The zero-order valence-electron chi connectivity index (χ0n) is 14.8. The summed E-state index contributed by atoms with van der Waals surface area (Å²) >= 11 is 0. The van der Waals surface area contributed by atoms with Crippen molar-refractivity contribution in [1.82, 2.24) is 20.4 Å². The number of carbonyl (C=O) groups excluding carboxylic acids is 2. The Balaban J connectivity index is 1.47. The molecule has 3 fully saturated rings. The Morgan fingerprint density at radius 3 is 2.60 bits per heavy atom. The predicted octanol–water partition coefficient (Wildman–Crippen LogP) is 1.88. The first-order valence-corrected chi connectivity index (χ1v) is 9.21. The molecular formula is C17H25N5O3. The molecule has 1 spiro atoms. The number of nitrogens with zero attached hydrogens (tertiary/aromatic N) is 4. The summed E-state index contributed by atoms with van der Waals surface area (Å²) in [4.78, 5) is 33.0. The quantitative estimate of drug-likeness (QED) is 0.836. The van der Waals surface area contributed by atoms with Crippen molar-refractivity contribution in [1.29, 1.82) is 0 Å². The monoisotopic (exact) mass is 347 g/mol. The van der Waals surface area contributed by atoms with Crippen LogP contribution in [0.15, 0.2) is 4.52 Å². The van der Waals surface area contributed by atoms with Gasteiger partial charge in [-0.15, -0.1) is 0 Å². The molecule has 0 bridgehead atoms. The van der Waals surface area contributed by atoms with E-state index < -0.39 is 5.54 Å². The number of hydrogen-bond donors (Lipinski definition) is 1. The Kier molecular flexibility index (Phi) is 3.92. The van der Waals surface area contributed by atoms with Crippen LogP contribution in [0.1, 0.15) is 57.8 Å². The number of urea groups is 1. The predicted molar refractivity (Wildman–Crippen MR) is 90.2 cm³/mol. The zero-order valence-corrected chi connectivity index (χ0v) is 14.8. The second-order valence-electron chi connectivity index (χ2n) is 7.84. The maximum atomic E-state index is 12.5. The number of aromatic nitrogens is 2. The number of anilines is 1. The molecule has 4 rings (SSSR count). The summed E-state index contributed by atoms with van der Waals surface area (Å²) in [7, 11) is 0. The summed E-state index contributed by atoms with van der Waals surface area (Å²) in [6.45, 7) is 5.98. The highest BCUT2D eigenvalue weighted by Gasteiger charge is 2.54. The standard InChI is InChI=1S/C17H25N5O3/c1-11(2)10-22-16(24)19-14(23)17(22)6-8-21(9-7-17)15-18-13(25-20-15)12-4-3-5-12/h11-12H,3-10H2,1-2H3,(H,19,23,24). The van der Waals surface area contributed by atoms with Crippen molar-refractivity contribution in [3.05, 3.63) is 5.89 Å². The molecule has 3 amide bonds. The lowest BCUT2D eigenvalue weighted by Gasteiger charge is -2.42. The Morgan fingerprint density at radius 2 is 2.00 bits per heavy atom. The van der Waals surface area contributed by atoms with Crippen LogP contribution in [0.5, 0.6) is 0 Å². The highest BCUT2D eigenvalue weighted by Crippen LogP contribution is 2.37. The van der Waals surface area contributed by atoms with E-state index in [0.29, 0.717) is 50.3 Å². The van der Waals surface area contributed by atoms with Crippen molar-refractivity contribution in [2.24, 2.45) is 5.92 Å². The SMILES string of the molecule is CC(C)CN1C(=O)NC(=O)C12CCN(c1noc(C3CCC3)n1)CC2. The largest absolute Gasteiger partial charge is 0.338 e. The van der Waals surface area contributed by atoms with Gasteiger partial charge < -0.3 is 14.3 Å². The molecule has 2 aliphatic heterocycles. The van der Waals surface area contributed by atoms with E-state index in [1.54, 1.807) is 4.90 Å². The van der Waals surface area contributed by atoms with Crippen molar-refractivity contribution < 1.29 is 14.1 Å². The van der Waals surface area contributed by atoms with Gasteiger partial charge in [-0.3, -0.25) is 10.1 Å². The fourth-order valence-corrected chi connectivity index (χ4v) is 3.97. The molecule has 0 radical (unpaired) electrons. The molecule has 3 aliphatic rings. The molecule has 2 saturated heterocycles. The maximum absolute atomic E-state index is 12.5.